The van der Waals surface area contributed by atoms with Crippen LogP contribution in [-0.4, -0.2) is 52.0 Å². The summed E-state index contributed by atoms with van der Waals surface area (Å²) in [5.74, 6) is 0. The topological polar surface area (TPSA) is 46.6 Å². The van der Waals surface area contributed by atoms with Gasteiger partial charge in [0.25, 0.3) is 0 Å². The van der Waals surface area contributed by atoms with Crippen molar-refractivity contribution in [1.82, 2.24) is 4.31 Å². The first-order valence-corrected chi connectivity index (χ1v) is 10.4. The number of hydrogen-bond acceptors (Lipinski definition) is 3. The summed E-state index contributed by atoms with van der Waals surface area (Å²) in [6, 6.07) is 0. The van der Waals surface area contributed by atoms with E-state index in [1.165, 1.54) is 0 Å². The Balaban J connectivity index is 2.82. The van der Waals surface area contributed by atoms with Gasteiger partial charge in [-0.05, 0) is 6.92 Å². The lowest BCUT2D eigenvalue weighted by Crippen LogP contribution is -2.51. The summed E-state index contributed by atoms with van der Waals surface area (Å²) in [4.78, 5) is -0.219. The van der Waals surface area contributed by atoms with E-state index in [0.717, 1.165) is 0 Å². The van der Waals surface area contributed by atoms with Crippen molar-refractivity contribution in [2.24, 2.45) is 0 Å². The molecule has 0 aromatic heterocycles. The molecule has 0 aromatic carbocycles. The fourth-order valence-corrected chi connectivity index (χ4v) is 6.60. The van der Waals surface area contributed by atoms with Crippen LogP contribution < -0.4 is 0 Å². The van der Waals surface area contributed by atoms with E-state index < -0.39 is 18.1 Å². The lowest BCUT2D eigenvalue weighted by Gasteiger charge is -2.33. The molecule has 0 N–H and O–H groups in total. The summed E-state index contributed by atoms with van der Waals surface area (Å²) in [7, 11) is -4.76. The van der Waals surface area contributed by atoms with Gasteiger partial charge < -0.3 is 4.74 Å². The molecule has 0 amide bonds. The number of nitrogens with zero attached hydrogens (tertiary/aromatic N) is 1. The van der Waals surface area contributed by atoms with Crippen molar-refractivity contribution in [3.63, 3.8) is 0 Å². The van der Waals surface area contributed by atoms with Crippen LogP contribution in [0.15, 0.2) is 0 Å². The Hall–Kier alpha value is 0.0869. The van der Waals surface area contributed by atoms with Crippen molar-refractivity contribution >= 4 is 18.1 Å². The highest BCUT2D eigenvalue weighted by Crippen LogP contribution is 2.20. The summed E-state index contributed by atoms with van der Waals surface area (Å²) >= 11 is 0. The molecule has 0 radical (unpaired) electrons. The first-order valence-electron chi connectivity index (χ1n) is 5.33. The number of hydrogen-bond donors (Lipinski definition) is 0. The maximum absolute atomic E-state index is 12.2. The van der Waals surface area contributed by atoms with Gasteiger partial charge in [0, 0.05) is 13.1 Å². The van der Waals surface area contributed by atoms with E-state index >= 15 is 0 Å². The Bertz CT molecular complexity index is 304. The minimum Gasteiger partial charge on any atom is -0.379 e. The van der Waals surface area contributed by atoms with Crippen molar-refractivity contribution in [2.45, 2.75) is 31.4 Å². The largest absolute Gasteiger partial charge is 0.379 e. The fourth-order valence-electron chi connectivity index (χ4n) is 1.47. The quantitative estimate of drug-likeness (QED) is 0.701. The average molecular weight is 251 g/mol. The van der Waals surface area contributed by atoms with E-state index in [9.17, 15) is 8.42 Å². The van der Waals surface area contributed by atoms with Crippen LogP contribution in [0.25, 0.3) is 0 Å². The average Bonchev–Trinajstić information content (AvgIpc) is 2.16. The molecule has 1 aliphatic heterocycles. The Labute approximate surface area is 93.7 Å². The van der Waals surface area contributed by atoms with Gasteiger partial charge in [-0.3, -0.25) is 0 Å². The monoisotopic (exact) mass is 251 g/mol. The zero-order valence-corrected chi connectivity index (χ0v) is 11.8. The smallest absolute Gasteiger partial charge is 0.214 e. The molecule has 4 nitrogen and oxygen atoms in total. The minimum atomic E-state index is -3.10. The molecule has 0 aromatic rings. The second-order valence-electron chi connectivity index (χ2n) is 5.06. The second kappa shape index (κ2) is 4.53. The van der Waals surface area contributed by atoms with Crippen LogP contribution >= 0.6 is 0 Å². The van der Waals surface area contributed by atoms with E-state index in [-0.39, 0.29) is 4.87 Å². The summed E-state index contributed by atoms with van der Waals surface area (Å²) in [6.45, 7) is 10.2. The normalized spacial score (nSPS) is 22.7. The maximum Gasteiger partial charge on any atom is 0.214 e. The second-order valence-corrected chi connectivity index (χ2v) is 13.3. The molecule has 1 atom stereocenters. The van der Waals surface area contributed by atoms with Crippen molar-refractivity contribution in [1.29, 1.82) is 0 Å². The van der Waals surface area contributed by atoms with Gasteiger partial charge in [-0.25, -0.2) is 8.42 Å². The van der Waals surface area contributed by atoms with E-state index in [1.54, 1.807) is 4.31 Å². The van der Waals surface area contributed by atoms with Gasteiger partial charge in [0.05, 0.1) is 26.2 Å². The van der Waals surface area contributed by atoms with Gasteiger partial charge in [-0.2, -0.15) is 4.31 Å². The van der Waals surface area contributed by atoms with Crippen LogP contribution in [0.5, 0.6) is 0 Å². The first kappa shape index (κ1) is 13.2. The third-order valence-electron chi connectivity index (χ3n) is 3.00. The predicted octanol–water partition coefficient (Wildman–Crippen LogP) is 0.914. The van der Waals surface area contributed by atoms with Gasteiger partial charge in [0.1, 0.15) is 0 Å². The highest BCUT2D eigenvalue weighted by molar-refractivity contribution is 7.91. The molecule has 1 aliphatic rings. The Morgan fingerprint density at radius 2 is 1.67 bits per heavy atom. The number of sulfonamides is 1. The van der Waals surface area contributed by atoms with Crippen LogP contribution in [0.3, 0.4) is 0 Å². The summed E-state index contributed by atoms with van der Waals surface area (Å²) in [6.07, 6.45) is 0. The SMILES string of the molecule is CC([Si](C)(C)C)S(=O)(=O)N1CCOCC1. The van der Waals surface area contributed by atoms with Gasteiger partial charge in [0.15, 0.2) is 0 Å². The molecule has 1 saturated heterocycles. The lowest BCUT2D eigenvalue weighted by molar-refractivity contribution is 0.0729. The van der Waals surface area contributed by atoms with Gasteiger partial charge in [-0.1, -0.05) is 19.6 Å². The van der Waals surface area contributed by atoms with Crippen LogP contribution in [0, 0.1) is 0 Å². The zero-order valence-electron chi connectivity index (χ0n) is 9.99. The molecule has 1 unspecified atom stereocenters. The van der Waals surface area contributed by atoms with Crippen LogP contribution in [-0.2, 0) is 14.8 Å². The highest BCUT2D eigenvalue weighted by atomic mass is 32.2. The third-order valence-corrected chi connectivity index (χ3v) is 10.4. The van der Waals surface area contributed by atoms with Crippen molar-refractivity contribution in [3.05, 3.63) is 0 Å². The first-order chi connectivity index (χ1) is 6.76. The third kappa shape index (κ3) is 3.02. The minimum absolute atomic E-state index is 0.219. The zero-order chi connectivity index (χ0) is 11.7. The van der Waals surface area contributed by atoms with Crippen molar-refractivity contribution in [3.8, 4) is 0 Å². The number of ether oxygens (including phenoxy) is 1. The van der Waals surface area contributed by atoms with Crippen molar-refractivity contribution in [2.75, 3.05) is 26.3 Å². The standard InChI is InChI=1S/C9H21NO3SSi/c1-9(15(2,3)4)14(11,12)10-5-7-13-8-6-10/h9H,5-8H2,1-4H3. The molecule has 0 bridgehead atoms. The van der Waals surface area contributed by atoms with Crippen LogP contribution in [0.4, 0.5) is 0 Å². The molecule has 1 fully saturated rings. The van der Waals surface area contributed by atoms with Crippen LogP contribution in [0.1, 0.15) is 6.92 Å². The molecule has 0 aliphatic carbocycles. The Kier molecular flexibility index (Phi) is 3.97. The predicted molar refractivity (Wildman–Crippen MR) is 64.1 cm³/mol. The summed E-state index contributed by atoms with van der Waals surface area (Å²) < 4.78 is 31.2. The van der Waals surface area contributed by atoms with Gasteiger partial charge in [-0.15, -0.1) is 0 Å². The molecule has 6 heteroatoms. The Morgan fingerprint density at radius 3 is 2.07 bits per heavy atom. The van der Waals surface area contributed by atoms with E-state index in [4.69, 9.17) is 4.74 Å². The molecule has 1 heterocycles. The molecule has 15 heavy (non-hydrogen) atoms. The number of morpholine rings is 1. The van der Waals surface area contributed by atoms with Gasteiger partial charge >= 0.3 is 0 Å². The van der Waals surface area contributed by atoms with Gasteiger partial charge in [0.2, 0.25) is 10.0 Å². The Morgan fingerprint density at radius 1 is 1.20 bits per heavy atom. The van der Waals surface area contributed by atoms with Crippen molar-refractivity contribution < 1.29 is 13.2 Å². The highest BCUT2D eigenvalue weighted by Gasteiger charge is 2.38. The molecular formula is C9H21NO3SSi. The van der Waals surface area contributed by atoms with E-state index in [0.29, 0.717) is 26.3 Å². The van der Waals surface area contributed by atoms with E-state index in [2.05, 4.69) is 19.6 Å². The molecule has 0 spiro atoms. The fraction of sp³-hybridized carbons (Fsp3) is 1.00. The molecule has 90 valence electrons. The number of rotatable bonds is 3. The lowest BCUT2D eigenvalue weighted by atomic mass is 10.5. The maximum atomic E-state index is 12.2. The summed E-state index contributed by atoms with van der Waals surface area (Å²) in [5.41, 5.74) is 0. The molecule has 1 rings (SSSR count). The summed E-state index contributed by atoms with van der Waals surface area (Å²) in [5, 5.41) is 0. The van der Waals surface area contributed by atoms with Crippen LogP contribution in [0.2, 0.25) is 19.6 Å². The molecule has 0 saturated carbocycles. The molecular weight excluding hydrogens is 230 g/mol. The van der Waals surface area contributed by atoms with E-state index in [1.807, 2.05) is 6.92 Å².